The van der Waals surface area contributed by atoms with E-state index in [0.717, 1.165) is 4.90 Å². The van der Waals surface area contributed by atoms with Crippen LogP contribution < -0.4 is 5.73 Å². The third-order valence-electron chi connectivity index (χ3n) is 1.90. The Bertz CT molecular complexity index is 235. The van der Waals surface area contributed by atoms with E-state index in [0.29, 0.717) is 0 Å². The summed E-state index contributed by atoms with van der Waals surface area (Å²) < 4.78 is 4.69. The molecule has 74 valence electrons. The average molecular weight is 188 g/mol. The fourth-order valence-electron chi connectivity index (χ4n) is 1.17. The molecule has 0 aliphatic carbocycles. The SMILES string of the molecule is CCOC(=O)C1(N)CN(C(=O)O)C1. The van der Waals surface area contributed by atoms with Crippen LogP contribution in [0.15, 0.2) is 0 Å². The van der Waals surface area contributed by atoms with Crippen LogP contribution in [-0.2, 0) is 9.53 Å². The maximum Gasteiger partial charge on any atom is 0.407 e. The van der Waals surface area contributed by atoms with Gasteiger partial charge < -0.3 is 20.5 Å². The fraction of sp³-hybridized carbons (Fsp3) is 0.714. The second-order valence-electron chi connectivity index (χ2n) is 3.02. The molecule has 0 spiro atoms. The van der Waals surface area contributed by atoms with Gasteiger partial charge in [-0.15, -0.1) is 0 Å². The van der Waals surface area contributed by atoms with Gasteiger partial charge in [-0.25, -0.2) is 9.59 Å². The standard InChI is InChI=1S/C7H12N2O4/c1-2-13-5(10)7(8)3-9(4-7)6(11)12/h2-4,8H2,1H3,(H,11,12). The number of amides is 1. The summed E-state index contributed by atoms with van der Waals surface area (Å²) in [4.78, 5) is 22.6. The molecule has 3 N–H and O–H groups in total. The molecular weight excluding hydrogens is 176 g/mol. The van der Waals surface area contributed by atoms with Crippen molar-refractivity contribution in [1.29, 1.82) is 0 Å². The maximum absolute atomic E-state index is 11.1. The van der Waals surface area contributed by atoms with E-state index in [1.807, 2.05) is 0 Å². The van der Waals surface area contributed by atoms with Crippen LogP contribution in [0.4, 0.5) is 4.79 Å². The largest absolute Gasteiger partial charge is 0.465 e. The van der Waals surface area contributed by atoms with Crippen molar-refractivity contribution in [3.8, 4) is 0 Å². The van der Waals surface area contributed by atoms with Gasteiger partial charge in [0.25, 0.3) is 0 Å². The van der Waals surface area contributed by atoms with Gasteiger partial charge in [-0.1, -0.05) is 0 Å². The molecule has 6 heteroatoms. The van der Waals surface area contributed by atoms with Crippen molar-refractivity contribution in [3.63, 3.8) is 0 Å². The molecule has 0 aromatic heterocycles. The molecule has 0 atom stereocenters. The number of hydrogen-bond acceptors (Lipinski definition) is 4. The minimum atomic E-state index is -1.13. The van der Waals surface area contributed by atoms with E-state index in [9.17, 15) is 9.59 Å². The monoisotopic (exact) mass is 188 g/mol. The maximum atomic E-state index is 11.1. The van der Waals surface area contributed by atoms with E-state index >= 15 is 0 Å². The average Bonchev–Trinajstić information content (AvgIpc) is 1.98. The molecular formula is C7H12N2O4. The van der Waals surface area contributed by atoms with Crippen molar-refractivity contribution in [1.82, 2.24) is 4.90 Å². The predicted octanol–water partition coefficient (Wildman–Crippen LogP) is -0.759. The topological polar surface area (TPSA) is 92.9 Å². The highest BCUT2D eigenvalue weighted by molar-refractivity contribution is 5.85. The molecule has 0 unspecified atom stereocenters. The van der Waals surface area contributed by atoms with E-state index in [4.69, 9.17) is 15.6 Å². The number of ether oxygens (including phenoxy) is 1. The fourth-order valence-corrected chi connectivity index (χ4v) is 1.17. The first-order chi connectivity index (χ1) is 5.99. The molecule has 13 heavy (non-hydrogen) atoms. The van der Waals surface area contributed by atoms with Gasteiger partial charge >= 0.3 is 12.1 Å². The zero-order valence-corrected chi connectivity index (χ0v) is 7.32. The second-order valence-corrected chi connectivity index (χ2v) is 3.02. The van der Waals surface area contributed by atoms with Crippen LogP contribution in [0.2, 0.25) is 0 Å². The van der Waals surface area contributed by atoms with Gasteiger partial charge in [-0.3, -0.25) is 0 Å². The van der Waals surface area contributed by atoms with Crippen LogP contribution in [0, 0.1) is 0 Å². The summed E-state index contributed by atoms with van der Waals surface area (Å²) in [6.45, 7) is 1.96. The molecule has 1 aliphatic rings. The summed E-state index contributed by atoms with van der Waals surface area (Å²) >= 11 is 0. The zero-order valence-electron chi connectivity index (χ0n) is 7.32. The van der Waals surface area contributed by atoms with Crippen LogP contribution >= 0.6 is 0 Å². The number of hydrogen-bond donors (Lipinski definition) is 2. The van der Waals surface area contributed by atoms with E-state index in [-0.39, 0.29) is 19.7 Å². The highest BCUT2D eigenvalue weighted by Crippen LogP contribution is 2.19. The van der Waals surface area contributed by atoms with Crippen LogP contribution in [-0.4, -0.2) is 47.3 Å². The van der Waals surface area contributed by atoms with Crippen LogP contribution in [0.25, 0.3) is 0 Å². The van der Waals surface area contributed by atoms with E-state index < -0.39 is 17.6 Å². The third kappa shape index (κ3) is 1.72. The quantitative estimate of drug-likeness (QED) is 0.555. The number of rotatable bonds is 2. The number of esters is 1. The zero-order chi connectivity index (χ0) is 10.1. The van der Waals surface area contributed by atoms with Crippen molar-refractivity contribution in [2.24, 2.45) is 5.73 Å². The van der Waals surface area contributed by atoms with E-state index in [1.165, 1.54) is 0 Å². The molecule has 0 saturated carbocycles. The minimum absolute atomic E-state index is 0.0150. The second kappa shape index (κ2) is 3.21. The molecule has 0 aromatic carbocycles. The number of carboxylic acid groups (broad SMARTS) is 1. The Balaban J connectivity index is 2.46. The molecule has 0 radical (unpaired) electrons. The van der Waals surface area contributed by atoms with Crippen molar-refractivity contribution in [2.45, 2.75) is 12.5 Å². The summed E-state index contributed by atoms with van der Waals surface area (Å²) in [6, 6.07) is 0. The molecule has 1 rings (SSSR count). The summed E-state index contributed by atoms with van der Waals surface area (Å²) in [5.41, 5.74) is 4.45. The molecule has 1 saturated heterocycles. The number of carbonyl (C=O) groups excluding carboxylic acids is 1. The normalized spacial score (nSPS) is 19.1. The number of carbonyl (C=O) groups is 2. The highest BCUT2D eigenvalue weighted by atomic mass is 16.5. The van der Waals surface area contributed by atoms with Crippen LogP contribution in [0.1, 0.15) is 6.92 Å². The molecule has 0 bridgehead atoms. The lowest BCUT2D eigenvalue weighted by molar-refractivity contribution is -0.155. The smallest absolute Gasteiger partial charge is 0.407 e. The lowest BCUT2D eigenvalue weighted by Gasteiger charge is -2.43. The molecule has 1 heterocycles. The van der Waals surface area contributed by atoms with Crippen molar-refractivity contribution >= 4 is 12.1 Å². The van der Waals surface area contributed by atoms with Gasteiger partial charge in [0.15, 0.2) is 5.54 Å². The van der Waals surface area contributed by atoms with Gasteiger partial charge in [0.05, 0.1) is 19.7 Å². The number of nitrogens with two attached hydrogens (primary N) is 1. The lowest BCUT2D eigenvalue weighted by atomic mass is 9.92. The molecule has 6 nitrogen and oxygen atoms in total. The first-order valence-corrected chi connectivity index (χ1v) is 3.93. The molecule has 1 aliphatic heterocycles. The van der Waals surface area contributed by atoms with Gasteiger partial charge in [0.1, 0.15) is 0 Å². The predicted molar refractivity (Wildman–Crippen MR) is 43.1 cm³/mol. The Morgan fingerprint density at radius 3 is 2.54 bits per heavy atom. The van der Waals surface area contributed by atoms with Gasteiger partial charge in [-0.2, -0.15) is 0 Å². The Hall–Kier alpha value is -1.30. The van der Waals surface area contributed by atoms with Gasteiger partial charge in [0, 0.05) is 0 Å². The number of nitrogens with zero attached hydrogens (tertiary/aromatic N) is 1. The van der Waals surface area contributed by atoms with Gasteiger partial charge in [0.2, 0.25) is 0 Å². The summed E-state index contributed by atoms with van der Waals surface area (Å²) in [7, 11) is 0. The van der Waals surface area contributed by atoms with Crippen molar-refractivity contribution in [2.75, 3.05) is 19.7 Å². The highest BCUT2D eigenvalue weighted by Gasteiger charge is 2.49. The first-order valence-electron chi connectivity index (χ1n) is 3.93. The van der Waals surface area contributed by atoms with Crippen molar-refractivity contribution in [3.05, 3.63) is 0 Å². The van der Waals surface area contributed by atoms with Crippen LogP contribution in [0.5, 0.6) is 0 Å². The summed E-state index contributed by atoms with van der Waals surface area (Å²) in [5.74, 6) is -0.535. The molecule has 0 aromatic rings. The summed E-state index contributed by atoms with van der Waals surface area (Å²) in [6.07, 6.45) is -1.06. The first kappa shape index (κ1) is 9.79. The number of likely N-dealkylation sites (tertiary alicyclic amines) is 1. The van der Waals surface area contributed by atoms with E-state index in [1.54, 1.807) is 6.92 Å². The Morgan fingerprint density at radius 1 is 1.62 bits per heavy atom. The Morgan fingerprint density at radius 2 is 2.15 bits per heavy atom. The lowest BCUT2D eigenvalue weighted by Crippen LogP contribution is -2.72. The molecule has 1 amide bonds. The molecule has 1 fully saturated rings. The van der Waals surface area contributed by atoms with Crippen molar-refractivity contribution < 1.29 is 19.4 Å². The Kier molecular flexibility index (Phi) is 2.42. The third-order valence-corrected chi connectivity index (χ3v) is 1.90. The van der Waals surface area contributed by atoms with Gasteiger partial charge in [-0.05, 0) is 6.92 Å². The summed E-state index contributed by atoms with van der Waals surface area (Å²) in [5, 5.41) is 8.50. The Labute approximate surface area is 75.3 Å². The van der Waals surface area contributed by atoms with E-state index in [2.05, 4.69) is 0 Å². The minimum Gasteiger partial charge on any atom is -0.465 e. The van der Waals surface area contributed by atoms with Crippen LogP contribution in [0.3, 0.4) is 0 Å².